The predicted molar refractivity (Wildman–Crippen MR) is 72.4 cm³/mol. The highest BCUT2D eigenvalue weighted by Crippen LogP contribution is 2.26. The van der Waals surface area contributed by atoms with Crippen LogP contribution < -0.4 is 5.32 Å². The van der Waals surface area contributed by atoms with Gasteiger partial charge in [-0.1, -0.05) is 23.7 Å². The van der Waals surface area contributed by atoms with Crippen molar-refractivity contribution < 1.29 is 0 Å². The molecule has 1 heterocycles. The van der Waals surface area contributed by atoms with Crippen molar-refractivity contribution in [3.8, 4) is 6.07 Å². The molecule has 1 aromatic heterocycles. The van der Waals surface area contributed by atoms with Crippen molar-refractivity contribution in [3.63, 3.8) is 0 Å². The van der Waals surface area contributed by atoms with Gasteiger partial charge < -0.3 is 5.32 Å². The monoisotopic (exact) mass is 257 g/mol. The van der Waals surface area contributed by atoms with Gasteiger partial charge in [-0.2, -0.15) is 5.26 Å². The molecule has 2 aromatic rings. The first-order valence-electron chi connectivity index (χ1n) is 5.58. The van der Waals surface area contributed by atoms with Crippen molar-refractivity contribution >= 4 is 17.3 Å². The summed E-state index contributed by atoms with van der Waals surface area (Å²) in [7, 11) is 0. The number of pyridine rings is 1. The number of aromatic nitrogens is 1. The highest BCUT2D eigenvalue weighted by molar-refractivity contribution is 6.32. The van der Waals surface area contributed by atoms with Crippen molar-refractivity contribution in [2.75, 3.05) is 5.32 Å². The average molecular weight is 258 g/mol. The Labute approximate surface area is 111 Å². The van der Waals surface area contributed by atoms with E-state index < -0.39 is 0 Å². The largest absolute Gasteiger partial charge is 0.376 e. The average Bonchev–Trinajstić information content (AvgIpc) is 2.40. The van der Waals surface area contributed by atoms with Crippen molar-refractivity contribution in [2.24, 2.45) is 0 Å². The zero-order chi connectivity index (χ0) is 13.0. The second-order valence-electron chi connectivity index (χ2n) is 3.89. The summed E-state index contributed by atoms with van der Waals surface area (Å²) in [6.07, 6.45) is 1.75. The van der Waals surface area contributed by atoms with Gasteiger partial charge in [0, 0.05) is 6.20 Å². The fourth-order valence-corrected chi connectivity index (χ4v) is 1.91. The van der Waals surface area contributed by atoms with Crippen molar-refractivity contribution in [1.29, 1.82) is 5.26 Å². The van der Waals surface area contributed by atoms with Crippen LogP contribution in [0.2, 0.25) is 5.02 Å². The summed E-state index contributed by atoms with van der Waals surface area (Å²) >= 11 is 5.98. The van der Waals surface area contributed by atoms with E-state index >= 15 is 0 Å². The van der Waals surface area contributed by atoms with Gasteiger partial charge in [-0.05, 0) is 31.2 Å². The number of nitriles is 1. The van der Waals surface area contributed by atoms with E-state index in [9.17, 15) is 0 Å². The smallest absolute Gasteiger partial charge is 0.103 e. The second kappa shape index (κ2) is 5.52. The number of halogens is 1. The molecule has 3 nitrogen and oxygen atoms in total. The fourth-order valence-electron chi connectivity index (χ4n) is 1.70. The van der Waals surface area contributed by atoms with Crippen LogP contribution in [0.5, 0.6) is 0 Å². The van der Waals surface area contributed by atoms with Gasteiger partial charge in [0.05, 0.1) is 28.0 Å². The Morgan fingerprint density at radius 3 is 2.78 bits per heavy atom. The van der Waals surface area contributed by atoms with Crippen LogP contribution in [0.15, 0.2) is 42.6 Å². The van der Waals surface area contributed by atoms with Gasteiger partial charge in [-0.25, -0.2) is 0 Å². The molecule has 0 spiro atoms. The van der Waals surface area contributed by atoms with E-state index in [-0.39, 0.29) is 6.04 Å². The van der Waals surface area contributed by atoms with Crippen LogP contribution in [0.1, 0.15) is 24.2 Å². The van der Waals surface area contributed by atoms with Crippen LogP contribution in [-0.4, -0.2) is 4.98 Å². The van der Waals surface area contributed by atoms with Gasteiger partial charge in [0.15, 0.2) is 0 Å². The van der Waals surface area contributed by atoms with Crippen LogP contribution >= 0.6 is 11.6 Å². The molecule has 1 aromatic carbocycles. The molecule has 0 bridgehead atoms. The number of rotatable bonds is 3. The molecule has 0 saturated heterocycles. The lowest BCUT2D eigenvalue weighted by molar-refractivity contribution is 0.839. The maximum atomic E-state index is 9.09. The SMILES string of the molecule is CC(Nc1cccc(Cl)c1C#N)c1ccccn1. The molecule has 0 aliphatic carbocycles. The first kappa shape index (κ1) is 12.4. The molecule has 18 heavy (non-hydrogen) atoms. The maximum Gasteiger partial charge on any atom is 0.103 e. The first-order valence-corrected chi connectivity index (χ1v) is 5.96. The molecule has 0 aliphatic rings. The number of nitrogens with zero attached hydrogens (tertiary/aromatic N) is 2. The molecule has 0 fully saturated rings. The molecule has 1 unspecified atom stereocenters. The third-order valence-electron chi connectivity index (χ3n) is 2.63. The third-order valence-corrected chi connectivity index (χ3v) is 2.94. The lowest BCUT2D eigenvalue weighted by atomic mass is 10.1. The zero-order valence-corrected chi connectivity index (χ0v) is 10.6. The maximum absolute atomic E-state index is 9.09. The van der Waals surface area contributed by atoms with Gasteiger partial charge in [0.2, 0.25) is 0 Å². The van der Waals surface area contributed by atoms with E-state index in [0.717, 1.165) is 11.4 Å². The molecule has 4 heteroatoms. The van der Waals surface area contributed by atoms with Crippen molar-refractivity contribution in [1.82, 2.24) is 4.98 Å². The fraction of sp³-hybridized carbons (Fsp3) is 0.143. The summed E-state index contributed by atoms with van der Waals surface area (Å²) in [4.78, 5) is 4.27. The van der Waals surface area contributed by atoms with Crippen LogP contribution in [-0.2, 0) is 0 Å². The summed E-state index contributed by atoms with van der Waals surface area (Å²) in [5, 5.41) is 12.8. The summed E-state index contributed by atoms with van der Waals surface area (Å²) in [5.74, 6) is 0. The van der Waals surface area contributed by atoms with E-state index in [1.54, 1.807) is 12.3 Å². The Balaban J connectivity index is 2.25. The molecule has 0 amide bonds. The highest BCUT2D eigenvalue weighted by Gasteiger charge is 2.10. The Kier molecular flexibility index (Phi) is 3.81. The minimum atomic E-state index is 0.0109. The number of hydrogen-bond donors (Lipinski definition) is 1. The topological polar surface area (TPSA) is 48.7 Å². The number of hydrogen-bond acceptors (Lipinski definition) is 3. The first-order chi connectivity index (χ1) is 8.72. The molecule has 2 rings (SSSR count). The highest BCUT2D eigenvalue weighted by atomic mass is 35.5. The molecule has 0 radical (unpaired) electrons. The van der Waals surface area contributed by atoms with Gasteiger partial charge in [0.25, 0.3) is 0 Å². The molecule has 1 N–H and O–H groups in total. The Hall–Kier alpha value is -2.05. The third kappa shape index (κ3) is 2.61. The van der Waals surface area contributed by atoms with Crippen LogP contribution in [0.3, 0.4) is 0 Å². The van der Waals surface area contributed by atoms with E-state index in [1.165, 1.54) is 0 Å². The minimum Gasteiger partial charge on any atom is -0.376 e. The lowest BCUT2D eigenvalue weighted by Crippen LogP contribution is -2.09. The van der Waals surface area contributed by atoms with E-state index in [1.807, 2.05) is 37.3 Å². The van der Waals surface area contributed by atoms with Crippen LogP contribution in [0.25, 0.3) is 0 Å². The van der Waals surface area contributed by atoms with Crippen molar-refractivity contribution in [2.45, 2.75) is 13.0 Å². The summed E-state index contributed by atoms with van der Waals surface area (Å²) in [6, 6.07) is 13.2. The lowest BCUT2D eigenvalue weighted by Gasteiger charge is -2.16. The van der Waals surface area contributed by atoms with Gasteiger partial charge >= 0.3 is 0 Å². The number of anilines is 1. The van der Waals surface area contributed by atoms with Gasteiger partial charge in [-0.3, -0.25) is 4.98 Å². The molecular formula is C14H12ClN3. The van der Waals surface area contributed by atoms with Crippen molar-refractivity contribution in [3.05, 3.63) is 58.9 Å². The number of benzene rings is 1. The summed E-state index contributed by atoms with van der Waals surface area (Å²) < 4.78 is 0. The molecular weight excluding hydrogens is 246 g/mol. The second-order valence-corrected chi connectivity index (χ2v) is 4.30. The van der Waals surface area contributed by atoms with Crippen LogP contribution in [0.4, 0.5) is 5.69 Å². The van der Waals surface area contributed by atoms with Gasteiger partial charge in [-0.15, -0.1) is 0 Å². The van der Waals surface area contributed by atoms with E-state index in [4.69, 9.17) is 16.9 Å². The molecule has 90 valence electrons. The Morgan fingerprint density at radius 2 is 2.11 bits per heavy atom. The predicted octanol–water partition coefficient (Wildman–Crippen LogP) is 3.78. The zero-order valence-electron chi connectivity index (χ0n) is 9.89. The molecule has 0 saturated carbocycles. The number of nitrogens with one attached hydrogen (secondary N) is 1. The Bertz CT molecular complexity index is 575. The van der Waals surface area contributed by atoms with Gasteiger partial charge in [0.1, 0.15) is 6.07 Å². The Morgan fingerprint density at radius 1 is 1.28 bits per heavy atom. The van der Waals surface area contributed by atoms with E-state index in [0.29, 0.717) is 10.6 Å². The standard InChI is InChI=1S/C14H12ClN3/c1-10(13-6-2-3-8-17-13)18-14-7-4-5-12(15)11(14)9-16/h2-8,10,18H,1H3. The molecule has 1 atom stereocenters. The molecule has 0 aliphatic heterocycles. The summed E-state index contributed by atoms with van der Waals surface area (Å²) in [6.45, 7) is 1.99. The minimum absolute atomic E-state index is 0.0109. The normalized spacial score (nSPS) is 11.6. The van der Waals surface area contributed by atoms with Crippen LogP contribution in [0, 0.1) is 11.3 Å². The quantitative estimate of drug-likeness (QED) is 0.910. The summed E-state index contributed by atoms with van der Waals surface area (Å²) in [5.41, 5.74) is 2.10. The van der Waals surface area contributed by atoms with E-state index in [2.05, 4.69) is 16.4 Å².